The summed E-state index contributed by atoms with van der Waals surface area (Å²) in [7, 11) is -1.40. The summed E-state index contributed by atoms with van der Waals surface area (Å²) < 4.78 is 28.1. The van der Waals surface area contributed by atoms with Crippen LogP contribution in [0.15, 0.2) is 6.33 Å². The van der Waals surface area contributed by atoms with Crippen LogP contribution in [0.1, 0.15) is 18.7 Å². The predicted molar refractivity (Wildman–Crippen MR) is 72.1 cm³/mol. The zero-order valence-corrected chi connectivity index (χ0v) is 12.0. The third-order valence-electron chi connectivity index (χ3n) is 3.23. The lowest BCUT2D eigenvalue weighted by atomic mass is 10.0. The SMILES string of the molecule is Cn1cnc(CCNS(=O)(=O)CC2CCNCC2)n1. The standard InChI is InChI=1S/C11H21N5O2S/c1-16-9-13-11(15-16)4-7-14-19(17,18)8-10-2-5-12-6-3-10/h9-10,12,14H,2-8H2,1H3. The summed E-state index contributed by atoms with van der Waals surface area (Å²) >= 11 is 0. The maximum absolute atomic E-state index is 11.9. The molecule has 2 N–H and O–H groups in total. The second-order valence-electron chi connectivity index (χ2n) is 4.95. The van der Waals surface area contributed by atoms with E-state index in [1.165, 1.54) is 0 Å². The van der Waals surface area contributed by atoms with Gasteiger partial charge in [0.25, 0.3) is 0 Å². The number of piperidine rings is 1. The first kappa shape index (κ1) is 14.4. The van der Waals surface area contributed by atoms with Crippen molar-refractivity contribution in [3.8, 4) is 0 Å². The van der Waals surface area contributed by atoms with Crippen LogP contribution < -0.4 is 10.0 Å². The van der Waals surface area contributed by atoms with Gasteiger partial charge in [-0.1, -0.05) is 0 Å². The fourth-order valence-electron chi connectivity index (χ4n) is 2.23. The Bertz CT molecular complexity index is 493. The van der Waals surface area contributed by atoms with Gasteiger partial charge in [-0.2, -0.15) is 5.10 Å². The van der Waals surface area contributed by atoms with Crippen molar-refractivity contribution in [2.75, 3.05) is 25.4 Å². The quantitative estimate of drug-likeness (QED) is 0.720. The van der Waals surface area contributed by atoms with Gasteiger partial charge >= 0.3 is 0 Å². The van der Waals surface area contributed by atoms with Crippen LogP contribution in [0.25, 0.3) is 0 Å². The highest BCUT2D eigenvalue weighted by Crippen LogP contribution is 2.13. The van der Waals surface area contributed by atoms with Crippen molar-refractivity contribution in [2.24, 2.45) is 13.0 Å². The van der Waals surface area contributed by atoms with Gasteiger partial charge in [-0.15, -0.1) is 0 Å². The van der Waals surface area contributed by atoms with E-state index < -0.39 is 10.0 Å². The fraction of sp³-hybridized carbons (Fsp3) is 0.818. The van der Waals surface area contributed by atoms with Crippen molar-refractivity contribution in [1.82, 2.24) is 24.8 Å². The largest absolute Gasteiger partial charge is 0.317 e. The Hall–Kier alpha value is -0.990. The smallest absolute Gasteiger partial charge is 0.211 e. The molecule has 1 aliphatic rings. The van der Waals surface area contributed by atoms with Crippen molar-refractivity contribution in [1.29, 1.82) is 0 Å². The number of aryl methyl sites for hydroxylation is 1. The molecule has 0 saturated carbocycles. The van der Waals surface area contributed by atoms with Gasteiger partial charge in [0.2, 0.25) is 10.0 Å². The predicted octanol–water partition coefficient (Wildman–Crippen LogP) is -0.723. The third kappa shape index (κ3) is 4.88. The number of hydrogen-bond donors (Lipinski definition) is 2. The molecule has 2 heterocycles. The molecular weight excluding hydrogens is 266 g/mol. The summed E-state index contributed by atoms with van der Waals surface area (Å²) in [6, 6.07) is 0. The summed E-state index contributed by atoms with van der Waals surface area (Å²) in [5, 5.41) is 7.34. The van der Waals surface area contributed by atoms with Crippen molar-refractivity contribution in [2.45, 2.75) is 19.3 Å². The number of nitrogens with one attached hydrogen (secondary N) is 2. The van der Waals surface area contributed by atoms with Crippen molar-refractivity contribution in [3.63, 3.8) is 0 Å². The van der Waals surface area contributed by atoms with Gasteiger partial charge in [0.15, 0.2) is 5.82 Å². The molecule has 7 nitrogen and oxygen atoms in total. The van der Waals surface area contributed by atoms with E-state index in [0.717, 1.165) is 25.9 Å². The zero-order valence-electron chi connectivity index (χ0n) is 11.2. The molecule has 0 spiro atoms. The molecule has 2 rings (SSSR count). The molecule has 1 aromatic rings. The van der Waals surface area contributed by atoms with Crippen LogP contribution in [-0.2, 0) is 23.5 Å². The first-order valence-corrected chi connectivity index (χ1v) is 8.23. The van der Waals surface area contributed by atoms with Crippen LogP contribution in [0.4, 0.5) is 0 Å². The average molecular weight is 287 g/mol. The maximum atomic E-state index is 11.9. The van der Waals surface area contributed by atoms with Gasteiger partial charge in [-0.25, -0.2) is 18.1 Å². The monoisotopic (exact) mass is 287 g/mol. The topological polar surface area (TPSA) is 88.9 Å². The lowest BCUT2D eigenvalue weighted by Gasteiger charge is -2.22. The Morgan fingerprint density at radius 1 is 1.47 bits per heavy atom. The highest BCUT2D eigenvalue weighted by Gasteiger charge is 2.20. The molecule has 19 heavy (non-hydrogen) atoms. The molecule has 8 heteroatoms. The molecule has 1 saturated heterocycles. The summed E-state index contributed by atoms with van der Waals surface area (Å²) in [6.45, 7) is 2.19. The second kappa shape index (κ2) is 6.44. The minimum Gasteiger partial charge on any atom is -0.317 e. The molecule has 0 bridgehead atoms. The van der Waals surface area contributed by atoms with E-state index in [1.807, 2.05) is 0 Å². The van der Waals surface area contributed by atoms with Crippen molar-refractivity contribution < 1.29 is 8.42 Å². The van der Waals surface area contributed by atoms with Crippen LogP contribution in [0.5, 0.6) is 0 Å². The number of rotatable bonds is 6. The fourth-order valence-corrected chi connectivity index (χ4v) is 3.72. The van der Waals surface area contributed by atoms with Gasteiger partial charge in [0.05, 0.1) is 5.75 Å². The molecule has 0 unspecified atom stereocenters. The first-order valence-electron chi connectivity index (χ1n) is 6.58. The summed E-state index contributed by atoms with van der Waals surface area (Å²) in [5.41, 5.74) is 0. The van der Waals surface area contributed by atoms with Crippen LogP contribution in [0.3, 0.4) is 0 Å². The van der Waals surface area contributed by atoms with Crippen molar-refractivity contribution >= 4 is 10.0 Å². The van der Waals surface area contributed by atoms with Crippen molar-refractivity contribution in [3.05, 3.63) is 12.2 Å². The van der Waals surface area contributed by atoms with Crippen LogP contribution in [-0.4, -0.2) is 48.6 Å². The number of nitrogens with zero attached hydrogens (tertiary/aromatic N) is 3. The molecule has 1 aliphatic heterocycles. The lowest BCUT2D eigenvalue weighted by Crippen LogP contribution is -2.36. The minimum atomic E-state index is -3.18. The Morgan fingerprint density at radius 2 is 2.21 bits per heavy atom. The van der Waals surface area contributed by atoms with E-state index in [0.29, 0.717) is 18.8 Å². The average Bonchev–Trinajstić information content (AvgIpc) is 2.75. The van der Waals surface area contributed by atoms with E-state index in [1.54, 1.807) is 18.1 Å². The third-order valence-corrected chi connectivity index (χ3v) is 4.79. The molecule has 0 amide bonds. The summed E-state index contributed by atoms with van der Waals surface area (Å²) in [4.78, 5) is 4.06. The molecule has 1 fully saturated rings. The Kier molecular flexibility index (Phi) is 4.89. The minimum absolute atomic E-state index is 0.227. The molecule has 0 aliphatic carbocycles. The first-order chi connectivity index (χ1) is 9.05. The van der Waals surface area contributed by atoms with Gasteiger partial charge < -0.3 is 5.32 Å². The summed E-state index contributed by atoms with van der Waals surface area (Å²) in [5.74, 6) is 1.16. The normalized spacial score (nSPS) is 17.7. The summed E-state index contributed by atoms with van der Waals surface area (Å²) in [6.07, 6.45) is 4.00. The Morgan fingerprint density at radius 3 is 2.84 bits per heavy atom. The zero-order chi connectivity index (χ0) is 13.7. The van der Waals surface area contributed by atoms with E-state index in [4.69, 9.17) is 0 Å². The van der Waals surface area contributed by atoms with Gasteiger partial charge in [-0.3, -0.25) is 4.68 Å². The molecule has 1 aromatic heterocycles. The van der Waals surface area contributed by atoms with E-state index >= 15 is 0 Å². The lowest BCUT2D eigenvalue weighted by molar-refractivity contribution is 0.400. The second-order valence-corrected chi connectivity index (χ2v) is 6.81. The van der Waals surface area contributed by atoms with Crippen LogP contribution >= 0.6 is 0 Å². The van der Waals surface area contributed by atoms with Gasteiger partial charge in [0.1, 0.15) is 6.33 Å². The highest BCUT2D eigenvalue weighted by molar-refractivity contribution is 7.89. The molecular formula is C11H21N5O2S. The van der Waals surface area contributed by atoms with Crippen LogP contribution in [0, 0.1) is 5.92 Å². The molecule has 0 atom stereocenters. The Labute approximate surface area is 113 Å². The number of hydrogen-bond acceptors (Lipinski definition) is 5. The number of sulfonamides is 1. The van der Waals surface area contributed by atoms with Gasteiger partial charge in [0, 0.05) is 20.0 Å². The van der Waals surface area contributed by atoms with Crippen LogP contribution in [0.2, 0.25) is 0 Å². The maximum Gasteiger partial charge on any atom is 0.211 e. The molecule has 108 valence electrons. The molecule has 0 radical (unpaired) electrons. The van der Waals surface area contributed by atoms with E-state index in [9.17, 15) is 8.42 Å². The Balaban J connectivity index is 1.74. The van der Waals surface area contributed by atoms with E-state index in [-0.39, 0.29) is 11.7 Å². The van der Waals surface area contributed by atoms with E-state index in [2.05, 4.69) is 20.1 Å². The number of aromatic nitrogens is 3. The highest BCUT2D eigenvalue weighted by atomic mass is 32.2. The molecule has 0 aromatic carbocycles. The van der Waals surface area contributed by atoms with Gasteiger partial charge in [-0.05, 0) is 31.8 Å².